The molecule has 108 valence electrons. The van der Waals surface area contributed by atoms with Crippen LogP contribution in [0.3, 0.4) is 0 Å². The number of hydrogen-bond donors (Lipinski definition) is 1. The quantitative estimate of drug-likeness (QED) is 0.898. The van der Waals surface area contributed by atoms with E-state index in [0.29, 0.717) is 17.4 Å². The second-order valence-electron chi connectivity index (χ2n) is 8.49. The van der Waals surface area contributed by atoms with Gasteiger partial charge in [0.1, 0.15) is 5.82 Å². The minimum absolute atomic E-state index is 0.230. The lowest BCUT2D eigenvalue weighted by Crippen LogP contribution is -2.57. The zero-order valence-electron chi connectivity index (χ0n) is 12.7. The highest BCUT2D eigenvalue weighted by Crippen LogP contribution is 2.69. The van der Waals surface area contributed by atoms with Crippen LogP contribution >= 0.6 is 0 Å². The van der Waals surface area contributed by atoms with Gasteiger partial charge in [-0.3, -0.25) is 0 Å². The van der Waals surface area contributed by atoms with Gasteiger partial charge in [-0.1, -0.05) is 13.8 Å². The normalized spacial score (nSPS) is 45.9. The van der Waals surface area contributed by atoms with Crippen molar-refractivity contribution in [2.24, 2.45) is 22.5 Å². The molecule has 3 nitrogen and oxygen atoms in total. The molecule has 0 amide bonds. The molecule has 2 atom stereocenters. The minimum Gasteiger partial charge on any atom is -0.325 e. The molecule has 20 heavy (non-hydrogen) atoms. The van der Waals surface area contributed by atoms with Gasteiger partial charge in [0.25, 0.3) is 0 Å². The zero-order chi connectivity index (χ0) is 14.0. The van der Waals surface area contributed by atoms with Crippen LogP contribution in [0, 0.1) is 16.7 Å². The summed E-state index contributed by atoms with van der Waals surface area (Å²) in [5, 5.41) is 0. The summed E-state index contributed by atoms with van der Waals surface area (Å²) in [6.07, 6.45) is 10.00. The Morgan fingerprint density at radius 3 is 2.45 bits per heavy atom. The van der Waals surface area contributed by atoms with Crippen molar-refractivity contribution in [3.8, 4) is 0 Å². The van der Waals surface area contributed by atoms with Crippen LogP contribution in [-0.2, 0) is 12.0 Å². The van der Waals surface area contributed by atoms with E-state index in [-0.39, 0.29) is 5.41 Å². The molecule has 0 spiro atoms. The largest absolute Gasteiger partial charge is 0.325 e. The van der Waals surface area contributed by atoms with Crippen LogP contribution in [0.2, 0.25) is 0 Å². The SMILES string of the molecule is CC12CC3CC(C)(C1)CC(c1nccc(CN)n1)(C3)C2. The van der Waals surface area contributed by atoms with Crippen molar-refractivity contribution < 1.29 is 0 Å². The third-order valence-corrected chi connectivity index (χ3v) is 6.02. The minimum atomic E-state index is 0.230. The molecule has 0 saturated heterocycles. The van der Waals surface area contributed by atoms with Crippen molar-refractivity contribution in [1.29, 1.82) is 0 Å². The van der Waals surface area contributed by atoms with Crippen molar-refractivity contribution in [3.63, 3.8) is 0 Å². The van der Waals surface area contributed by atoms with E-state index < -0.39 is 0 Å². The Kier molecular flexibility index (Phi) is 2.44. The fraction of sp³-hybridized carbons (Fsp3) is 0.765. The number of nitrogens with zero attached hydrogens (tertiary/aromatic N) is 2. The van der Waals surface area contributed by atoms with Crippen LogP contribution in [0.15, 0.2) is 12.3 Å². The maximum atomic E-state index is 5.77. The van der Waals surface area contributed by atoms with Crippen LogP contribution in [0.5, 0.6) is 0 Å². The van der Waals surface area contributed by atoms with E-state index in [1.807, 2.05) is 12.3 Å². The molecule has 4 bridgehead atoms. The van der Waals surface area contributed by atoms with Gasteiger partial charge in [0.15, 0.2) is 0 Å². The van der Waals surface area contributed by atoms with E-state index in [0.717, 1.165) is 17.4 Å². The average molecular weight is 271 g/mol. The second kappa shape index (κ2) is 3.82. The molecule has 2 N–H and O–H groups in total. The van der Waals surface area contributed by atoms with E-state index in [2.05, 4.69) is 18.8 Å². The van der Waals surface area contributed by atoms with E-state index in [1.165, 1.54) is 38.5 Å². The molecule has 4 aliphatic rings. The lowest BCUT2D eigenvalue weighted by Gasteiger charge is -2.64. The monoisotopic (exact) mass is 271 g/mol. The molecule has 1 heterocycles. The molecule has 5 rings (SSSR count). The van der Waals surface area contributed by atoms with Gasteiger partial charge in [0, 0.05) is 18.2 Å². The Hall–Kier alpha value is -0.960. The van der Waals surface area contributed by atoms with Crippen molar-refractivity contribution in [1.82, 2.24) is 9.97 Å². The predicted octanol–water partition coefficient (Wildman–Crippen LogP) is 3.18. The smallest absolute Gasteiger partial charge is 0.134 e. The molecule has 4 fully saturated rings. The molecule has 0 aromatic carbocycles. The Bertz CT molecular complexity index is 535. The average Bonchev–Trinajstić information content (AvgIpc) is 2.34. The van der Waals surface area contributed by atoms with Gasteiger partial charge in [-0.25, -0.2) is 9.97 Å². The molecule has 0 aliphatic heterocycles. The highest BCUT2D eigenvalue weighted by molar-refractivity contribution is 5.22. The molecular formula is C17H25N3. The van der Waals surface area contributed by atoms with Crippen LogP contribution in [0.25, 0.3) is 0 Å². The first-order valence-electron chi connectivity index (χ1n) is 7.97. The van der Waals surface area contributed by atoms with E-state index >= 15 is 0 Å². The third kappa shape index (κ3) is 1.75. The van der Waals surface area contributed by atoms with E-state index in [1.54, 1.807) is 0 Å². The highest BCUT2D eigenvalue weighted by atomic mass is 14.9. The molecule has 2 unspecified atom stereocenters. The molecule has 4 saturated carbocycles. The van der Waals surface area contributed by atoms with Gasteiger partial charge in [-0.2, -0.15) is 0 Å². The summed E-state index contributed by atoms with van der Waals surface area (Å²) in [6, 6.07) is 1.95. The van der Waals surface area contributed by atoms with Crippen LogP contribution < -0.4 is 5.73 Å². The van der Waals surface area contributed by atoms with Gasteiger partial charge < -0.3 is 5.73 Å². The van der Waals surface area contributed by atoms with Gasteiger partial charge in [-0.15, -0.1) is 0 Å². The van der Waals surface area contributed by atoms with Crippen molar-refractivity contribution in [3.05, 3.63) is 23.8 Å². The molecule has 1 aromatic heterocycles. The van der Waals surface area contributed by atoms with E-state index in [4.69, 9.17) is 10.7 Å². The van der Waals surface area contributed by atoms with Crippen molar-refractivity contribution in [2.45, 2.75) is 64.3 Å². The fourth-order valence-electron chi connectivity index (χ4n) is 6.46. The summed E-state index contributed by atoms with van der Waals surface area (Å²) in [5.74, 6) is 1.97. The lowest BCUT2D eigenvalue weighted by atomic mass is 9.40. The summed E-state index contributed by atoms with van der Waals surface area (Å²) in [6.45, 7) is 5.51. The molecule has 0 radical (unpaired) electrons. The van der Waals surface area contributed by atoms with Gasteiger partial charge >= 0.3 is 0 Å². The van der Waals surface area contributed by atoms with E-state index in [9.17, 15) is 0 Å². The first-order chi connectivity index (χ1) is 9.44. The second-order valence-corrected chi connectivity index (χ2v) is 8.49. The topological polar surface area (TPSA) is 51.8 Å². The molecular weight excluding hydrogens is 246 g/mol. The number of rotatable bonds is 2. The molecule has 3 heteroatoms. The highest BCUT2D eigenvalue weighted by Gasteiger charge is 2.61. The van der Waals surface area contributed by atoms with Gasteiger partial charge in [0.05, 0.1) is 5.69 Å². The predicted molar refractivity (Wildman–Crippen MR) is 79.0 cm³/mol. The van der Waals surface area contributed by atoms with Crippen molar-refractivity contribution >= 4 is 0 Å². The Balaban J connectivity index is 1.80. The number of nitrogens with two attached hydrogens (primary N) is 1. The van der Waals surface area contributed by atoms with Crippen LogP contribution in [0.1, 0.15) is 63.9 Å². The van der Waals surface area contributed by atoms with Crippen LogP contribution in [-0.4, -0.2) is 9.97 Å². The Morgan fingerprint density at radius 1 is 1.15 bits per heavy atom. The number of hydrogen-bond acceptors (Lipinski definition) is 3. The lowest BCUT2D eigenvalue weighted by molar-refractivity contribution is -0.112. The maximum Gasteiger partial charge on any atom is 0.134 e. The summed E-state index contributed by atoms with van der Waals surface area (Å²) < 4.78 is 0. The first kappa shape index (κ1) is 12.8. The van der Waals surface area contributed by atoms with Crippen LogP contribution in [0.4, 0.5) is 0 Å². The number of aromatic nitrogens is 2. The molecule has 1 aromatic rings. The summed E-state index contributed by atoms with van der Waals surface area (Å²) in [4.78, 5) is 9.48. The third-order valence-electron chi connectivity index (χ3n) is 6.02. The first-order valence-corrected chi connectivity index (χ1v) is 7.97. The maximum absolute atomic E-state index is 5.77. The molecule has 4 aliphatic carbocycles. The Labute approximate surface area is 121 Å². The standard InChI is InChI=1S/C17H25N3/c1-15-5-12-6-16(2,9-15)11-17(7-12,10-15)14-19-4-3-13(8-18)20-14/h3-4,12H,5-11,18H2,1-2H3. The fourth-order valence-corrected chi connectivity index (χ4v) is 6.46. The summed E-state index contributed by atoms with van der Waals surface area (Å²) in [5.41, 5.74) is 8.01. The summed E-state index contributed by atoms with van der Waals surface area (Å²) >= 11 is 0. The van der Waals surface area contributed by atoms with Gasteiger partial charge in [-0.05, 0) is 61.3 Å². The zero-order valence-corrected chi connectivity index (χ0v) is 12.7. The van der Waals surface area contributed by atoms with Gasteiger partial charge in [0.2, 0.25) is 0 Å². The Morgan fingerprint density at radius 2 is 1.85 bits per heavy atom. The summed E-state index contributed by atoms with van der Waals surface area (Å²) in [7, 11) is 0. The van der Waals surface area contributed by atoms with Crippen molar-refractivity contribution in [2.75, 3.05) is 0 Å².